The van der Waals surface area contributed by atoms with Gasteiger partial charge in [0.2, 0.25) is 10.0 Å². The third-order valence-corrected chi connectivity index (χ3v) is 5.94. The lowest BCUT2D eigenvalue weighted by molar-refractivity contribution is 0.280. The number of rotatable bonds is 5. The first-order chi connectivity index (χ1) is 9.86. The van der Waals surface area contributed by atoms with Crippen molar-refractivity contribution in [1.29, 1.82) is 0 Å². The van der Waals surface area contributed by atoms with Gasteiger partial charge in [-0.25, -0.2) is 13.4 Å². The number of aryl methyl sites for hydroxylation is 2. The van der Waals surface area contributed by atoms with Gasteiger partial charge in [-0.2, -0.15) is 4.31 Å². The SMILES string of the molecule is Cc1cc(C)c(S(=O)(=O)N(C)Cc2cscn2)cc1CO. The first-order valence-electron chi connectivity index (χ1n) is 6.40. The predicted molar refractivity (Wildman–Crippen MR) is 82.6 cm³/mol. The van der Waals surface area contributed by atoms with Crippen molar-refractivity contribution in [2.24, 2.45) is 0 Å². The molecule has 0 aliphatic heterocycles. The summed E-state index contributed by atoms with van der Waals surface area (Å²) >= 11 is 1.43. The van der Waals surface area contributed by atoms with E-state index >= 15 is 0 Å². The van der Waals surface area contributed by atoms with Crippen LogP contribution in [0.25, 0.3) is 0 Å². The maximum absolute atomic E-state index is 12.7. The Kier molecular flexibility index (Phi) is 4.77. The fourth-order valence-corrected chi connectivity index (χ4v) is 4.06. The Bertz CT molecular complexity index is 725. The largest absolute Gasteiger partial charge is 0.392 e. The number of benzene rings is 1. The van der Waals surface area contributed by atoms with Gasteiger partial charge in [-0.05, 0) is 36.6 Å². The lowest BCUT2D eigenvalue weighted by atomic mass is 10.1. The number of aliphatic hydroxyl groups is 1. The molecule has 0 atom stereocenters. The average Bonchev–Trinajstić information content (AvgIpc) is 2.91. The highest BCUT2D eigenvalue weighted by Crippen LogP contribution is 2.24. The molecule has 0 bridgehead atoms. The molecular weight excluding hydrogens is 308 g/mol. The van der Waals surface area contributed by atoms with Crippen LogP contribution in [0.2, 0.25) is 0 Å². The van der Waals surface area contributed by atoms with Crippen LogP contribution in [-0.4, -0.2) is 29.9 Å². The van der Waals surface area contributed by atoms with E-state index in [2.05, 4.69) is 4.98 Å². The summed E-state index contributed by atoms with van der Waals surface area (Å²) in [6.07, 6.45) is 0. The minimum Gasteiger partial charge on any atom is -0.392 e. The standard InChI is InChI=1S/C14H18N2O3S2/c1-10-4-11(2)14(5-12(10)7-17)21(18,19)16(3)6-13-8-20-9-15-13/h4-5,8-9,17H,6-7H2,1-3H3. The van der Waals surface area contributed by atoms with Gasteiger partial charge < -0.3 is 5.11 Å². The first-order valence-corrected chi connectivity index (χ1v) is 8.79. The second kappa shape index (κ2) is 6.23. The van der Waals surface area contributed by atoms with Gasteiger partial charge in [0.05, 0.1) is 29.3 Å². The lowest BCUT2D eigenvalue weighted by Gasteiger charge is -2.19. The summed E-state index contributed by atoms with van der Waals surface area (Å²) in [6, 6.07) is 3.34. The van der Waals surface area contributed by atoms with Crippen molar-refractivity contribution >= 4 is 21.4 Å². The number of hydrogen-bond acceptors (Lipinski definition) is 5. The van der Waals surface area contributed by atoms with Crippen molar-refractivity contribution in [1.82, 2.24) is 9.29 Å². The van der Waals surface area contributed by atoms with Gasteiger partial charge >= 0.3 is 0 Å². The third kappa shape index (κ3) is 3.32. The molecule has 7 heteroatoms. The van der Waals surface area contributed by atoms with E-state index in [9.17, 15) is 13.5 Å². The summed E-state index contributed by atoms with van der Waals surface area (Å²) in [4.78, 5) is 4.34. The van der Waals surface area contributed by atoms with Crippen LogP contribution in [0, 0.1) is 13.8 Å². The Balaban J connectivity index is 2.39. The van der Waals surface area contributed by atoms with Crippen LogP contribution in [0.15, 0.2) is 27.9 Å². The number of aliphatic hydroxyl groups excluding tert-OH is 1. The minimum atomic E-state index is -3.61. The van der Waals surface area contributed by atoms with Crippen molar-refractivity contribution in [2.75, 3.05) is 7.05 Å². The lowest BCUT2D eigenvalue weighted by Crippen LogP contribution is -2.27. The van der Waals surface area contributed by atoms with Crippen molar-refractivity contribution in [3.05, 3.63) is 45.4 Å². The van der Waals surface area contributed by atoms with Gasteiger partial charge in [0.25, 0.3) is 0 Å². The fourth-order valence-electron chi connectivity index (χ4n) is 2.12. The van der Waals surface area contributed by atoms with Crippen LogP contribution in [0.5, 0.6) is 0 Å². The highest BCUT2D eigenvalue weighted by molar-refractivity contribution is 7.89. The van der Waals surface area contributed by atoms with Crippen molar-refractivity contribution < 1.29 is 13.5 Å². The zero-order valence-corrected chi connectivity index (χ0v) is 13.8. The zero-order chi connectivity index (χ0) is 15.6. The topological polar surface area (TPSA) is 70.5 Å². The molecule has 0 radical (unpaired) electrons. The number of thiazole rings is 1. The van der Waals surface area contributed by atoms with E-state index < -0.39 is 10.0 Å². The average molecular weight is 326 g/mol. The molecule has 0 aliphatic carbocycles. The Morgan fingerprint density at radius 3 is 2.57 bits per heavy atom. The fraction of sp³-hybridized carbons (Fsp3) is 0.357. The number of nitrogens with zero attached hydrogens (tertiary/aromatic N) is 2. The van der Waals surface area contributed by atoms with E-state index in [0.29, 0.717) is 11.1 Å². The Hall–Kier alpha value is -1.28. The van der Waals surface area contributed by atoms with Crippen LogP contribution in [-0.2, 0) is 23.2 Å². The molecule has 1 aromatic carbocycles. The van der Waals surface area contributed by atoms with Crippen molar-refractivity contribution in [2.45, 2.75) is 31.9 Å². The first kappa shape index (κ1) is 16.1. The summed E-state index contributed by atoms with van der Waals surface area (Å²) < 4.78 is 26.6. The van der Waals surface area contributed by atoms with Gasteiger partial charge in [0.1, 0.15) is 0 Å². The highest BCUT2D eigenvalue weighted by atomic mass is 32.2. The van der Waals surface area contributed by atoms with Crippen LogP contribution < -0.4 is 0 Å². The maximum atomic E-state index is 12.7. The van der Waals surface area contributed by atoms with Crippen LogP contribution in [0.1, 0.15) is 22.4 Å². The Morgan fingerprint density at radius 2 is 2.00 bits per heavy atom. The highest BCUT2D eigenvalue weighted by Gasteiger charge is 2.24. The quantitative estimate of drug-likeness (QED) is 0.913. The molecule has 0 aliphatic rings. The monoisotopic (exact) mass is 326 g/mol. The zero-order valence-electron chi connectivity index (χ0n) is 12.2. The molecule has 2 rings (SSSR count). The molecule has 1 N–H and O–H groups in total. The predicted octanol–water partition coefficient (Wildman–Crippen LogP) is 2.07. The summed E-state index contributed by atoms with van der Waals surface area (Å²) in [5.74, 6) is 0. The summed E-state index contributed by atoms with van der Waals surface area (Å²) in [7, 11) is -2.07. The van der Waals surface area contributed by atoms with Crippen molar-refractivity contribution in [3.8, 4) is 0 Å². The molecule has 21 heavy (non-hydrogen) atoms. The van der Waals surface area contributed by atoms with Crippen LogP contribution >= 0.6 is 11.3 Å². The molecule has 0 saturated heterocycles. The Morgan fingerprint density at radius 1 is 1.29 bits per heavy atom. The molecule has 0 amide bonds. The van der Waals surface area contributed by atoms with E-state index in [1.54, 1.807) is 24.6 Å². The molecule has 1 aromatic heterocycles. The van der Waals surface area contributed by atoms with E-state index in [4.69, 9.17) is 0 Å². The molecule has 0 saturated carbocycles. The van der Waals surface area contributed by atoms with Gasteiger partial charge in [-0.15, -0.1) is 11.3 Å². The number of sulfonamides is 1. The van der Waals surface area contributed by atoms with Gasteiger partial charge in [0, 0.05) is 12.4 Å². The molecule has 5 nitrogen and oxygen atoms in total. The normalized spacial score (nSPS) is 12.0. The van der Waals surface area contributed by atoms with E-state index in [-0.39, 0.29) is 18.0 Å². The molecule has 2 aromatic rings. The second-order valence-corrected chi connectivity index (χ2v) is 7.68. The van der Waals surface area contributed by atoms with Gasteiger partial charge in [-0.3, -0.25) is 0 Å². The molecule has 0 unspecified atom stereocenters. The summed E-state index contributed by atoms with van der Waals surface area (Å²) in [5.41, 5.74) is 4.59. The van der Waals surface area contributed by atoms with E-state index in [1.807, 2.05) is 12.3 Å². The third-order valence-electron chi connectivity index (χ3n) is 3.36. The number of hydrogen-bond donors (Lipinski definition) is 1. The minimum absolute atomic E-state index is 0.176. The van der Waals surface area contributed by atoms with Crippen LogP contribution in [0.3, 0.4) is 0 Å². The molecule has 0 spiro atoms. The Labute approximate surface area is 128 Å². The second-order valence-electron chi connectivity index (χ2n) is 4.94. The smallest absolute Gasteiger partial charge is 0.243 e. The summed E-state index contributed by atoms with van der Waals surface area (Å²) in [6.45, 7) is 3.67. The number of aromatic nitrogens is 1. The molecule has 1 heterocycles. The molecule has 114 valence electrons. The van der Waals surface area contributed by atoms with Gasteiger partial charge in [-0.1, -0.05) is 6.07 Å². The van der Waals surface area contributed by atoms with Gasteiger partial charge in [0.15, 0.2) is 0 Å². The van der Waals surface area contributed by atoms with Crippen molar-refractivity contribution in [3.63, 3.8) is 0 Å². The molecular formula is C14H18N2O3S2. The maximum Gasteiger partial charge on any atom is 0.243 e. The summed E-state index contributed by atoms with van der Waals surface area (Å²) in [5, 5.41) is 11.2. The molecule has 0 fully saturated rings. The van der Waals surface area contributed by atoms with E-state index in [1.165, 1.54) is 22.7 Å². The van der Waals surface area contributed by atoms with Crippen LogP contribution in [0.4, 0.5) is 0 Å². The van der Waals surface area contributed by atoms with E-state index in [0.717, 1.165) is 11.3 Å².